The lowest BCUT2D eigenvalue weighted by molar-refractivity contribution is -0.125. The highest BCUT2D eigenvalue weighted by Crippen LogP contribution is 2.26. The van der Waals surface area contributed by atoms with E-state index in [9.17, 15) is 23.2 Å². The summed E-state index contributed by atoms with van der Waals surface area (Å²) in [6.07, 6.45) is 1.13. The van der Waals surface area contributed by atoms with Crippen LogP contribution in [0.2, 0.25) is 0 Å². The molecular weight excluding hydrogens is 382 g/mol. The SMILES string of the molecule is C[C@@H](NC(=O)COC(=O)c1ccccc1N1CCCC1=O)c1ccc(F)cc1F. The smallest absolute Gasteiger partial charge is 0.340 e. The lowest BCUT2D eigenvalue weighted by atomic mass is 10.1. The molecule has 0 unspecified atom stereocenters. The van der Waals surface area contributed by atoms with Gasteiger partial charge in [0.15, 0.2) is 6.61 Å². The Kier molecular flexibility index (Phi) is 6.21. The summed E-state index contributed by atoms with van der Waals surface area (Å²) < 4.78 is 31.9. The summed E-state index contributed by atoms with van der Waals surface area (Å²) in [4.78, 5) is 38.0. The number of nitrogens with zero attached hydrogens (tertiary/aromatic N) is 1. The molecule has 2 aromatic rings. The van der Waals surface area contributed by atoms with Crippen LogP contribution in [0, 0.1) is 11.6 Å². The Balaban J connectivity index is 1.61. The minimum Gasteiger partial charge on any atom is -0.452 e. The van der Waals surface area contributed by atoms with E-state index >= 15 is 0 Å². The van der Waals surface area contributed by atoms with Crippen LogP contribution in [-0.4, -0.2) is 30.9 Å². The summed E-state index contributed by atoms with van der Waals surface area (Å²) in [6.45, 7) is 1.48. The van der Waals surface area contributed by atoms with Crippen LogP contribution in [0.3, 0.4) is 0 Å². The molecule has 8 heteroatoms. The molecule has 152 valence electrons. The van der Waals surface area contributed by atoms with Crippen molar-refractivity contribution < 1.29 is 27.9 Å². The lowest BCUT2D eigenvalue weighted by Gasteiger charge is -2.19. The van der Waals surface area contributed by atoms with Crippen LogP contribution < -0.4 is 10.2 Å². The van der Waals surface area contributed by atoms with Gasteiger partial charge in [-0.2, -0.15) is 0 Å². The molecule has 1 saturated heterocycles. The summed E-state index contributed by atoms with van der Waals surface area (Å²) in [6, 6.07) is 8.86. The van der Waals surface area contributed by atoms with Crippen molar-refractivity contribution in [2.45, 2.75) is 25.8 Å². The number of carbonyl (C=O) groups is 3. The van der Waals surface area contributed by atoms with E-state index < -0.39 is 36.2 Å². The van der Waals surface area contributed by atoms with Crippen LogP contribution >= 0.6 is 0 Å². The predicted molar refractivity (Wildman–Crippen MR) is 101 cm³/mol. The Hall–Kier alpha value is -3.29. The number of halogens is 2. The number of amides is 2. The molecule has 0 spiro atoms. The first kappa shape index (κ1) is 20.4. The molecule has 1 atom stereocenters. The van der Waals surface area contributed by atoms with E-state index in [-0.39, 0.29) is 17.0 Å². The number of benzene rings is 2. The standard InChI is InChI=1S/C21H20F2N2O4/c1-13(15-9-8-14(22)11-17(15)23)24-19(26)12-29-21(28)16-5-2-3-6-18(16)25-10-4-7-20(25)27/h2-3,5-6,8-9,11,13H,4,7,10,12H2,1H3,(H,24,26)/t13-/m1/s1. The van der Waals surface area contributed by atoms with Crippen molar-refractivity contribution in [3.05, 3.63) is 65.2 Å². The predicted octanol–water partition coefficient (Wildman–Crippen LogP) is 3.13. The second-order valence-electron chi connectivity index (χ2n) is 6.70. The minimum absolute atomic E-state index is 0.0712. The molecule has 1 aliphatic rings. The number of hydrogen-bond acceptors (Lipinski definition) is 4. The third-order valence-corrected chi connectivity index (χ3v) is 4.63. The Morgan fingerprint density at radius 2 is 1.97 bits per heavy atom. The van der Waals surface area contributed by atoms with E-state index in [2.05, 4.69) is 5.32 Å². The van der Waals surface area contributed by atoms with E-state index in [4.69, 9.17) is 4.74 Å². The van der Waals surface area contributed by atoms with Gasteiger partial charge in [-0.3, -0.25) is 9.59 Å². The summed E-state index contributed by atoms with van der Waals surface area (Å²) in [7, 11) is 0. The number of anilines is 1. The topological polar surface area (TPSA) is 75.7 Å². The molecule has 0 aromatic heterocycles. The lowest BCUT2D eigenvalue weighted by Crippen LogP contribution is -2.32. The Morgan fingerprint density at radius 1 is 1.21 bits per heavy atom. The van der Waals surface area contributed by atoms with E-state index in [0.29, 0.717) is 25.1 Å². The molecule has 1 aliphatic heterocycles. The largest absolute Gasteiger partial charge is 0.452 e. The maximum absolute atomic E-state index is 13.8. The Morgan fingerprint density at radius 3 is 2.66 bits per heavy atom. The minimum atomic E-state index is -0.779. The zero-order chi connectivity index (χ0) is 21.0. The van der Waals surface area contributed by atoms with Crippen molar-refractivity contribution in [1.82, 2.24) is 5.32 Å². The Labute approximate surface area is 166 Å². The van der Waals surface area contributed by atoms with Gasteiger partial charge in [0.25, 0.3) is 5.91 Å². The van der Waals surface area contributed by atoms with Gasteiger partial charge in [0.05, 0.1) is 17.3 Å². The van der Waals surface area contributed by atoms with E-state index in [1.165, 1.54) is 24.0 Å². The molecule has 1 heterocycles. The van der Waals surface area contributed by atoms with Gasteiger partial charge < -0.3 is 15.0 Å². The first-order chi connectivity index (χ1) is 13.9. The van der Waals surface area contributed by atoms with Crippen molar-refractivity contribution in [2.24, 2.45) is 0 Å². The van der Waals surface area contributed by atoms with Crippen molar-refractivity contribution in [1.29, 1.82) is 0 Å². The number of rotatable bonds is 6. The molecule has 29 heavy (non-hydrogen) atoms. The number of nitrogens with one attached hydrogen (secondary N) is 1. The van der Waals surface area contributed by atoms with Crippen LogP contribution in [0.4, 0.5) is 14.5 Å². The molecule has 1 N–H and O–H groups in total. The average molecular weight is 402 g/mol. The van der Waals surface area contributed by atoms with Gasteiger partial charge in [-0.25, -0.2) is 13.6 Å². The highest BCUT2D eigenvalue weighted by atomic mass is 19.1. The summed E-state index contributed by atoms with van der Waals surface area (Å²) in [5.74, 6) is -2.94. The van der Waals surface area contributed by atoms with Gasteiger partial charge in [0.1, 0.15) is 11.6 Å². The van der Waals surface area contributed by atoms with Gasteiger partial charge in [-0.15, -0.1) is 0 Å². The van der Waals surface area contributed by atoms with Crippen molar-refractivity contribution in [3.63, 3.8) is 0 Å². The van der Waals surface area contributed by atoms with Crippen LogP contribution in [-0.2, 0) is 14.3 Å². The molecular formula is C21H20F2N2O4. The van der Waals surface area contributed by atoms with Crippen molar-refractivity contribution in [3.8, 4) is 0 Å². The quantitative estimate of drug-likeness (QED) is 0.754. The van der Waals surface area contributed by atoms with E-state index in [0.717, 1.165) is 12.1 Å². The van der Waals surface area contributed by atoms with Crippen LogP contribution in [0.1, 0.15) is 41.7 Å². The van der Waals surface area contributed by atoms with Crippen LogP contribution in [0.25, 0.3) is 0 Å². The van der Waals surface area contributed by atoms with Gasteiger partial charge in [0.2, 0.25) is 5.91 Å². The Bertz CT molecular complexity index is 948. The zero-order valence-corrected chi connectivity index (χ0v) is 15.8. The first-order valence-electron chi connectivity index (χ1n) is 9.17. The van der Waals surface area contributed by atoms with Gasteiger partial charge >= 0.3 is 5.97 Å². The number of ether oxygens (including phenoxy) is 1. The number of esters is 1. The van der Waals surface area contributed by atoms with Gasteiger partial charge in [-0.05, 0) is 31.5 Å². The van der Waals surface area contributed by atoms with E-state index in [1.54, 1.807) is 18.2 Å². The summed E-state index contributed by atoms with van der Waals surface area (Å²) in [5.41, 5.74) is 0.749. The molecule has 2 aromatic carbocycles. The van der Waals surface area contributed by atoms with Crippen molar-refractivity contribution in [2.75, 3.05) is 18.1 Å². The second-order valence-corrected chi connectivity index (χ2v) is 6.70. The number of hydrogen-bond donors (Lipinski definition) is 1. The average Bonchev–Trinajstić information content (AvgIpc) is 3.11. The summed E-state index contributed by atoms with van der Waals surface area (Å²) >= 11 is 0. The zero-order valence-electron chi connectivity index (χ0n) is 15.8. The third-order valence-electron chi connectivity index (χ3n) is 4.63. The molecule has 0 aliphatic carbocycles. The van der Waals surface area contributed by atoms with E-state index in [1.807, 2.05) is 0 Å². The van der Waals surface area contributed by atoms with Crippen LogP contribution in [0.15, 0.2) is 42.5 Å². The molecule has 1 fully saturated rings. The number of carbonyl (C=O) groups excluding carboxylic acids is 3. The van der Waals surface area contributed by atoms with Gasteiger partial charge in [-0.1, -0.05) is 18.2 Å². The highest BCUT2D eigenvalue weighted by molar-refractivity contribution is 6.03. The molecule has 3 rings (SSSR count). The fourth-order valence-corrected chi connectivity index (χ4v) is 3.21. The van der Waals surface area contributed by atoms with Crippen molar-refractivity contribution >= 4 is 23.5 Å². The van der Waals surface area contributed by atoms with Gasteiger partial charge in [0, 0.05) is 24.6 Å². The maximum Gasteiger partial charge on any atom is 0.340 e. The monoisotopic (exact) mass is 402 g/mol. The molecule has 0 radical (unpaired) electrons. The fourth-order valence-electron chi connectivity index (χ4n) is 3.21. The third kappa shape index (κ3) is 4.77. The maximum atomic E-state index is 13.8. The normalized spacial score (nSPS) is 14.6. The fraction of sp³-hybridized carbons (Fsp3) is 0.286. The first-order valence-corrected chi connectivity index (χ1v) is 9.17. The molecule has 0 bridgehead atoms. The number of para-hydroxylation sites is 1. The highest BCUT2D eigenvalue weighted by Gasteiger charge is 2.26. The summed E-state index contributed by atoms with van der Waals surface area (Å²) in [5, 5.41) is 2.50. The molecule has 0 saturated carbocycles. The molecule has 6 nitrogen and oxygen atoms in total. The molecule has 2 amide bonds. The second kappa shape index (κ2) is 8.81. The van der Waals surface area contributed by atoms with Crippen LogP contribution in [0.5, 0.6) is 0 Å².